The zero-order chi connectivity index (χ0) is 23.4. The lowest BCUT2D eigenvalue weighted by Gasteiger charge is -2.33. The molecule has 2 heterocycles. The number of aromatic nitrogens is 4. The first-order valence-corrected chi connectivity index (χ1v) is 10.5. The van der Waals surface area contributed by atoms with Gasteiger partial charge in [-0.15, -0.1) is 5.10 Å². The minimum atomic E-state index is -4.41. The van der Waals surface area contributed by atoms with Crippen LogP contribution in [0.5, 0.6) is 0 Å². The summed E-state index contributed by atoms with van der Waals surface area (Å²) in [6.07, 6.45) is -1.66. The molecular weight excluding hydrogens is 438 g/mol. The molecule has 0 bridgehead atoms. The van der Waals surface area contributed by atoms with Crippen molar-refractivity contribution in [1.82, 2.24) is 25.1 Å². The number of ether oxygens (including phenoxy) is 1. The standard InChI is InChI=1S/C23H23F4N5O/c1-33-15-14-32-22(28-29-30-32)21(18-2-6-19(7-3-18)23(25,26)27)31-12-10-17(11-13-31)16-4-8-20(24)9-5-16/h2-10,21H,11-15H2,1H3. The largest absolute Gasteiger partial charge is 0.416 e. The van der Waals surface area contributed by atoms with Gasteiger partial charge in [0.15, 0.2) is 5.82 Å². The Kier molecular flexibility index (Phi) is 6.85. The van der Waals surface area contributed by atoms with Gasteiger partial charge in [0.25, 0.3) is 0 Å². The van der Waals surface area contributed by atoms with Gasteiger partial charge in [-0.05, 0) is 57.8 Å². The molecular formula is C23H23F4N5O. The molecule has 1 aliphatic heterocycles. The highest BCUT2D eigenvalue weighted by Crippen LogP contribution is 2.34. The maximum Gasteiger partial charge on any atom is 0.416 e. The molecule has 0 saturated carbocycles. The van der Waals surface area contributed by atoms with Crippen LogP contribution in [0, 0.1) is 5.82 Å². The van der Waals surface area contributed by atoms with Crippen LogP contribution in [0.15, 0.2) is 54.6 Å². The topological polar surface area (TPSA) is 56.1 Å². The van der Waals surface area contributed by atoms with E-state index < -0.39 is 17.8 Å². The van der Waals surface area contributed by atoms with Gasteiger partial charge in [0.1, 0.15) is 5.82 Å². The second kappa shape index (κ2) is 9.80. The van der Waals surface area contributed by atoms with Crippen LogP contribution in [-0.4, -0.2) is 51.9 Å². The Balaban J connectivity index is 1.65. The number of nitrogens with zero attached hydrogens (tertiary/aromatic N) is 5. The van der Waals surface area contributed by atoms with Gasteiger partial charge < -0.3 is 4.74 Å². The van der Waals surface area contributed by atoms with E-state index in [1.807, 2.05) is 0 Å². The molecule has 6 nitrogen and oxygen atoms in total. The minimum Gasteiger partial charge on any atom is -0.383 e. The van der Waals surface area contributed by atoms with Crippen molar-refractivity contribution in [1.29, 1.82) is 0 Å². The number of methoxy groups -OCH3 is 1. The Morgan fingerprint density at radius 3 is 2.39 bits per heavy atom. The smallest absolute Gasteiger partial charge is 0.383 e. The van der Waals surface area contributed by atoms with Crippen LogP contribution in [0.2, 0.25) is 0 Å². The van der Waals surface area contributed by atoms with Gasteiger partial charge in [-0.1, -0.05) is 30.3 Å². The minimum absolute atomic E-state index is 0.290. The highest BCUT2D eigenvalue weighted by molar-refractivity contribution is 5.66. The van der Waals surface area contributed by atoms with Crippen LogP contribution in [0.25, 0.3) is 5.57 Å². The van der Waals surface area contributed by atoms with Crippen LogP contribution < -0.4 is 0 Å². The molecule has 0 N–H and O–H groups in total. The Morgan fingerprint density at radius 2 is 1.79 bits per heavy atom. The van der Waals surface area contributed by atoms with Crippen LogP contribution in [-0.2, 0) is 17.5 Å². The van der Waals surface area contributed by atoms with Crippen LogP contribution in [0.1, 0.15) is 35.0 Å². The van der Waals surface area contributed by atoms with Gasteiger partial charge in [0.05, 0.1) is 24.8 Å². The average molecular weight is 461 g/mol. The lowest BCUT2D eigenvalue weighted by atomic mass is 9.96. The van der Waals surface area contributed by atoms with E-state index >= 15 is 0 Å². The maximum atomic E-state index is 13.3. The summed E-state index contributed by atoms with van der Waals surface area (Å²) in [6.45, 7) is 1.98. The summed E-state index contributed by atoms with van der Waals surface area (Å²) in [4.78, 5) is 2.12. The summed E-state index contributed by atoms with van der Waals surface area (Å²) in [7, 11) is 1.57. The quantitative estimate of drug-likeness (QED) is 0.490. The lowest BCUT2D eigenvalue weighted by Crippen LogP contribution is -2.35. The molecule has 174 valence electrons. The molecule has 10 heteroatoms. The van der Waals surface area contributed by atoms with E-state index in [-0.39, 0.29) is 5.82 Å². The van der Waals surface area contributed by atoms with E-state index in [0.717, 1.165) is 23.3 Å². The number of rotatable bonds is 7. The number of benzene rings is 2. The van der Waals surface area contributed by atoms with E-state index in [1.165, 1.54) is 24.3 Å². The van der Waals surface area contributed by atoms with E-state index in [1.54, 1.807) is 23.9 Å². The number of hydrogen-bond donors (Lipinski definition) is 0. The molecule has 2 aromatic carbocycles. The predicted molar refractivity (Wildman–Crippen MR) is 114 cm³/mol. The highest BCUT2D eigenvalue weighted by Gasteiger charge is 2.32. The van der Waals surface area contributed by atoms with Crippen molar-refractivity contribution >= 4 is 5.57 Å². The third kappa shape index (κ3) is 5.28. The van der Waals surface area contributed by atoms with Gasteiger partial charge in [0.2, 0.25) is 0 Å². The molecule has 3 aromatic rings. The fourth-order valence-electron chi connectivity index (χ4n) is 3.97. The first-order chi connectivity index (χ1) is 15.9. The normalized spacial score (nSPS) is 16.0. The number of alkyl halides is 3. The van der Waals surface area contributed by atoms with Crippen molar-refractivity contribution in [3.05, 3.63) is 82.9 Å². The Hall–Kier alpha value is -3.11. The van der Waals surface area contributed by atoms with E-state index in [9.17, 15) is 17.6 Å². The van der Waals surface area contributed by atoms with Gasteiger partial charge in [-0.2, -0.15) is 13.2 Å². The van der Waals surface area contributed by atoms with Gasteiger partial charge in [-0.3, -0.25) is 4.90 Å². The molecule has 1 atom stereocenters. The fraction of sp³-hybridized carbons (Fsp3) is 0.348. The maximum absolute atomic E-state index is 13.3. The summed E-state index contributed by atoms with van der Waals surface area (Å²) in [5, 5.41) is 12.0. The molecule has 0 aliphatic carbocycles. The van der Waals surface area contributed by atoms with Crippen molar-refractivity contribution in [2.24, 2.45) is 0 Å². The summed E-state index contributed by atoms with van der Waals surface area (Å²) >= 11 is 0. The Morgan fingerprint density at radius 1 is 1.06 bits per heavy atom. The Bertz CT molecular complexity index is 1090. The molecule has 1 aromatic heterocycles. The molecule has 0 fully saturated rings. The second-order valence-corrected chi connectivity index (χ2v) is 7.76. The average Bonchev–Trinajstić information content (AvgIpc) is 3.27. The van der Waals surface area contributed by atoms with Crippen molar-refractivity contribution in [3.63, 3.8) is 0 Å². The van der Waals surface area contributed by atoms with E-state index in [4.69, 9.17) is 4.74 Å². The summed E-state index contributed by atoms with van der Waals surface area (Å²) < 4.78 is 59.3. The lowest BCUT2D eigenvalue weighted by molar-refractivity contribution is -0.137. The van der Waals surface area contributed by atoms with Gasteiger partial charge >= 0.3 is 6.18 Å². The Labute approximate surface area is 188 Å². The van der Waals surface area contributed by atoms with Crippen molar-refractivity contribution in [3.8, 4) is 0 Å². The highest BCUT2D eigenvalue weighted by atomic mass is 19.4. The van der Waals surface area contributed by atoms with Crippen molar-refractivity contribution in [2.75, 3.05) is 26.8 Å². The number of hydrogen-bond acceptors (Lipinski definition) is 5. The SMILES string of the molecule is COCCn1nnnc1C(c1ccc(C(F)(F)F)cc1)N1CC=C(c2ccc(F)cc2)CC1. The molecule has 0 radical (unpaired) electrons. The summed E-state index contributed by atoms with van der Waals surface area (Å²) in [5.41, 5.74) is 2.00. The van der Waals surface area contributed by atoms with Crippen molar-refractivity contribution < 1.29 is 22.3 Å². The number of halogens is 4. The molecule has 0 saturated heterocycles. The first-order valence-electron chi connectivity index (χ1n) is 10.5. The molecule has 0 spiro atoms. The third-order valence-corrected chi connectivity index (χ3v) is 5.69. The molecule has 0 amide bonds. The predicted octanol–water partition coefficient (Wildman–Crippen LogP) is 4.36. The van der Waals surface area contributed by atoms with E-state index in [0.29, 0.717) is 44.0 Å². The molecule has 1 unspecified atom stereocenters. The van der Waals surface area contributed by atoms with Crippen LogP contribution in [0.3, 0.4) is 0 Å². The van der Waals surface area contributed by atoms with Crippen LogP contribution >= 0.6 is 0 Å². The van der Waals surface area contributed by atoms with Crippen molar-refractivity contribution in [2.45, 2.75) is 25.2 Å². The number of tetrazole rings is 1. The monoisotopic (exact) mass is 461 g/mol. The zero-order valence-electron chi connectivity index (χ0n) is 18.0. The third-order valence-electron chi connectivity index (χ3n) is 5.69. The first kappa shape index (κ1) is 23.1. The fourth-order valence-corrected chi connectivity index (χ4v) is 3.97. The summed E-state index contributed by atoms with van der Waals surface area (Å²) in [5.74, 6) is 0.243. The molecule has 33 heavy (non-hydrogen) atoms. The molecule has 1 aliphatic rings. The van der Waals surface area contributed by atoms with Gasteiger partial charge in [-0.25, -0.2) is 9.07 Å². The second-order valence-electron chi connectivity index (χ2n) is 7.76. The molecule has 4 rings (SSSR count). The zero-order valence-corrected chi connectivity index (χ0v) is 18.0. The van der Waals surface area contributed by atoms with Gasteiger partial charge in [0, 0.05) is 20.2 Å². The summed E-state index contributed by atoms with van der Waals surface area (Å²) in [6, 6.07) is 11.0. The van der Waals surface area contributed by atoms with Crippen LogP contribution in [0.4, 0.5) is 17.6 Å². The van der Waals surface area contributed by atoms with E-state index in [2.05, 4.69) is 26.5 Å².